The summed E-state index contributed by atoms with van der Waals surface area (Å²) in [5.74, 6) is 1.16. The maximum atomic E-state index is 13.1. The first-order valence-electron chi connectivity index (χ1n) is 7.84. The van der Waals surface area contributed by atoms with Gasteiger partial charge in [0.15, 0.2) is 0 Å². The predicted octanol–water partition coefficient (Wildman–Crippen LogP) is 5.39. The van der Waals surface area contributed by atoms with Gasteiger partial charge in [-0.25, -0.2) is 4.98 Å². The maximum Gasteiger partial charge on any atom is 0.416 e. The number of hydrogen-bond donors (Lipinski definition) is 2. The van der Waals surface area contributed by atoms with Crippen LogP contribution in [0.1, 0.15) is 5.56 Å². The zero-order valence-corrected chi connectivity index (χ0v) is 13.4. The number of rotatable bonds is 3. The smallest absolute Gasteiger partial charge is 0.325 e. The maximum absolute atomic E-state index is 13.1. The number of nitrogens with one attached hydrogen (secondary N) is 2. The molecule has 4 nitrogen and oxygen atoms in total. The normalized spacial score (nSPS) is 11.7. The van der Waals surface area contributed by atoms with Gasteiger partial charge >= 0.3 is 6.18 Å². The highest BCUT2D eigenvalue weighted by Gasteiger charge is 2.30. The first kappa shape index (κ1) is 16.1. The molecule has 0 bridgehead atoms. The van der Waals surface area contributed by atoms with Crippen molar-refractivity contribution in [3.05, 3.63) is 72.4 Å². The van der Waals surface area contributed by atoms with Crippen LogP contribution in [0.15, 0.2) is 66.9 Å². The standard InChI is InChI=1S/C19H13F3N4/c20-19(21,22)14-6-3-5-13(10-14)18-15-7-2-1-4-12(15)11-17(25-18)24-16-8-9-23-26-16/h1-11H,(H2,23,24,25,26). The van der Waals surface area contributed by atoms with E-state index >= 15 is 0 Å². The molecule has 0 unspecified atom stereocenters. The molecule has 0 aliphatic carbocycles. The molecule has 130 valence electrons. The average Bonchev–Trinajstić information content (AvgIpc) is 3.13. The number of pyridine rings is 1. The Hall–Kier alpha value is -3.35. The second-order valence-corrected chi connectivity index (χ2v) is 5.75. The van der Waals surface area contributed by atoms with Crippen LogP contribution in [0, 0.1) is 0 Å². The summed E-state index contributed by atoms with van der Waals surface area (Å²) in [4.78, 5) is 4.54. The van der Waals surface area contributed by atoms with Gasteiger partial charge in [-0.15, -0.1) is 0 Å². The van der Waals surface area contributed by atoms with E-state index in [-0.39, 0.29) is 0 Å². The summed E-state index contributed by atoms with van der Waals surface area (Å²) in [6, 6.07) is 16.2. The minimum absolute atomic E-state index is 0.407. The number of halogens is 3. The molecular weight excluding hydrogens is 341 g/mol. The summed E-state index contributed by atoms with van der Waals surface area (Å²) in [5, 5.41) is 11.4. The van der Waals surface area contributed by atoms with Gasteiger partial charge in [-0.2, -0.15) is 18.3 Å². The van der Waals surface area contributed by atoms with Crippen LogP contribution in [0.3, 0.4) is 0 Å². The van der Waals surface area contributed by atoms with Crippen LogP contribution in [-0.2, 0) is 6.18 Å². The molecular formula is C19H13F3N4. The van der Waals surface area contributed by atoms with E-state index < -0.39 is 11.7 Å². The number of fused-ring (bicyclic) bond motifs is 1. The van der Waals surface area contributed by atoms with E-state index in [0.717, 1.165) is 22.9 Å². The van der Waals surface area contributed by atoms with E-state index in [2.05, 4.69) is 20.5 Å². The molecule has 4 rings (SSSR count). The molecule has 2 N–H and O–H groups in total. The van der Waals surface area contributed by atoms with Gasteiger partial charge in [0, 0.05) is 17.0 Å². The molecule has 0 amide bonds. The summed E-state index contributed by atoms with van der Waals surface area (Å²) in [6.45, 7) is 0. The van der Waals surface area contributed by atoms with Crippen molar-refractivity contribution < 1.29 is 13.2 Å². The lowest BCUT2D eigenvalue weighted by Gasteiger charge is -2.12. The highest BCUT2D eigenvalue weighted by Crippen LogP contribution is 2.34. The van der Waals surface area contributed by atoms with Gasteiger partial charge in [0.25, 0.3) is 0 Å². The molecule has 2 aromatic heterocycles. The van der Waals surface area contributed by atoms with Crippen LogP contribution in [0.4, 0.5) is 24.8 Å². The van der Waals surface area contributed by atoms with Crippen molar-refractivity contribution in [1.29, 1.82) is 0 Å². The Morgan fingerprint density at radius 2 is 1.77 bits per heavy atom. The molecule has 26 heavy (non-hydrogen) atoms. The van der Waals surface area contributed by atoms with Crippen LogP contribution in [0.2, 0.25) is 0 Å². The molecule has 2 aromatic carbocycles. The molecule has 0 spiro atoms. The summed E-state index contributed by atoms with van der Waals surface area (Å²) < 4.78 is 39.3. The third kappa shape index (κ3) is 3.11. The fourth-order valence-electron chi connectivity index (χ4n) is 2.79. The summed E-state index contributed by atoms with van der Waals surface area (Å²) in [7, 11) is 0. The van der Waals surface area contributed by atoms with Crippen molar-refractivity contribution in [2.24, 2.45) is 0 Å². The molecule has 7 heteroatoms. The Morgan fingerprint density at radius 1 is 0.923 bits per heavy atom. The fourth-order valence-corrected chi connectivity index (χ4v) is 2.79. The SMILES string of the molecule is FC(F)(F)c1cccc(-c2nc(Nc3ccn[nH]3)cc3ccccc23)c1. The van der Waals surface area contributed by atoms with Crippen molar-refractivity contribution in [2.45, 2.75) is 6.18 Å². The highest BCUT2D eigenvalue weighted by molar-refractivity contribution is 5.96. The van der Waals surface area contributed by atoms with Gasteiger partial charge < -0.3 is 5.32 Å². The Balaban J connectivity index is 1.88. The van der Waals surface area contributed by atoms with Gasteiger partial charge in [0.05, 0.1) is 17.5 Å². The van der Waals surface area contributed by atoms with Gasteiger partial charge in [-0.1, -0.05) is 36.4 Å². The number of hydrogen-bond acceptors (Lipinski definition) is 3. The molecule has 4 aromatic rings. The Morgan fingerprint density at radius 3 is 2.54 bits per heavy atom. The molecule has 0 saturated heterocycles. The van der Waals surface area contributed by atoms with Crippen LogP contribution in [0.5, 0.6) is 0 Å². The minimum Gasteiger partial charge on any atom is -0.325 e. The van der Waals surface area contributed by atoms with Gasteiger partial charge in [0.2, 0.25) is 0 Å². The van der Waals surface area contributed by atoms with E-state index in [9.17, 15) is 13.2 Å². The summed E-state index contributed by atoms with van der Waals surface area (Å²) in [5.41, 5.74) is 0.188. The number of H-pyrrole nitrogens is 1. The van der Waals surface area contributed by atoms with E-state index in [1.165, 1.54) is 6.07 Å². The first-order valence-corrected chi connectivity index (χ1v) is 7.84. The van der Waals surface area contributed by atoms with E-state index in [1.807, 2.05) is 30.3 Å². The Bertz CT molecular complexity index is 1060. The number of aromatic amines is 1. The topological polar surface area (TPSA) is 53.6 Å². The van der Waals surface area contributed by atoms with Crippen molar-refractivity contribution >= 4 is 22.4 Å². The number of benzene rings is 2. The molecule has 2 heterocycles. The number of aromatic nitrogens is 3. The predicted molar refractivity (Wildman–Crippen MR) is 94.1 cm³/mol. The number of nitrogens with zero attached hydrogens (tertiary/aromatic N) is 2. The van der Waals surface area contributed by atoms with Gasteiger partial charge in [-0.05, 0) is 23.6 Å². The Kier molecular flexibility index (Phi) is 3.84. The zero-order valence-electron chi connectivity index (χ0n) is 13.4. The third-order valence-corrected chi connectivity index (χ3v) is 3.97. The van der Waals surface area contributed by atoms with Crippen LogP contribution < -0.4 is 5.32 Å². The molecule has 0 fully saturated rings. The quantitative estimate of drug-likeness (QED) is 0.519. The zero-order chi connectivity index (χ0) is 18.1. The second kappa shape index (κ2) is 6.18. The van der Waals surface area contributed by atoms with Crippen molar-refractivity contribution in [3.63, 3.8) is 0 Å². The first-order chi connectivity index (χ1) is 12.5. The lowest BCUT2D eigenvalue weighted by Crippen LogP contribution is -2.05. The minimum atomic E-state index is -4.41. The van der Waals surface area contributed by atoms with Gasteiger partial charge in [-0.3, -0.25) is 5.10 Å². The highest BCUT2D eigenvalue weighted by atomic mass is 19.4. The monoisotopic (exact) mass is 354 g/mol. The molecule has 0 radical (unpaired) electrons. The van der Waals surface area contributed by atoms with Crippen molar-refractivity contribution in [3.8, 4) is 11.3 Å². The summed E-state index contributed by atoms with van der Waals surface area (Å²) in [6.07, 6.45) is -2.81. The van der Waals surface area contributed by atoms with Gasteiger partial charge in [0.1, 0.15) is 11.6 Å². The molecule has 0 atom stereocenters. The van der Waals surface area contributed by atoms with E-state index in [1.54, 1.807) is 18.3 Å². The lowest BCUT2D eigenvalue weighted by molar-refractivity contribution is -0.137. The molecule has 0 aliphatic heterocycles. The molecule has 0 aliphatic rings. The largest absolute Gasteiger partial charge is 0.416 e. The van der Waals surface area contributed by atoms with E-state index in [0.29, 0.717) is 22.9 Å². The van der Waals surface area contributed by atoms with Crippen LogP contribution >= 0.6 is 0 Å². The average molecular weight is 354 g/mol. The van der Waals surface area contributed by atoms with Crippen molar-refractivity contribution in [1.82, 2.24) is 15.2 Å². The van der Waals surface area contributed by atoms with E-state index in [4.69, 9.17) is 0 Å². The van der Waals surface area contributed by atoms with Crippen molar-refractivity contribution in [2.75, 3.05) is 5.32 Å². The second-order valence-electron chi connectivity index (χ2n) is 5.75. The summed E-state index contributed by atoms with van der Waals surface area (Å²) >= 11 is 0. The number of anilines is 2. The molecule has 0 saturated carbocycles. The van der Waals surface area contributed by atoms with Crippen LogP contribution in [-0.4, -0.2) is 15.2 Å². The lowest BCUT2D eigenvalue weighted by atomic mass is 10.0. The third-order valence-electron chi connectivity index (χ3n) is 3.97. The Labute approximate surface area is 146 Å². The number of alkyl halides is 3. The fraction of sp³-hybridized carbons (Fsp3) is 0.0526. The van der Waals surface area contributed by atoms with Crippen LogP contribution in [0.25, 0.3) is 22.0 Å².